The van der Waals surface area contributed by atoms with Gasteiger partial charge >= 0.3 is 6.18 Å². The molecule has 33 heavy (non-hydrogen) atoms. The summed E-state index contributed by atoms with van der Waals surface area (Å²) >= 11 is 0. The Hall–Kier alpha value is -3.63. The Kier molecular flexibility index (Phi) is 7.19. The van der Waals surface area contributed by atoms with E-state index in [4.69, 9.17) is 0 Å². The Morgan fingerprint density at radius 1 is 1.27 bits per heavy atom. The van der Waals surface area contributed by atoms with Crippen LogP contribution in [0.1, 0.15) is 30.9 Å². The second kappa shape index (κ2) is 9.88. The van der Waals surface area contributed by atoms with Gasteiger partial charge in [0.25, 0.3) is 0 Å². The van der Waals surface area contributed by atoms with E-state index in [1.165, 1.54) is 6.92 Å². The van der Waals surface area contributed by atoms with Gasteiger partial charge in [0.05, 0.1) is 11.4 Å². The van der Waals surface area contributed by atoms with E-state index in [2.05, 4.69) is 32.5 Å². The van der Waals surface area contributed by atoms with Crippen LogP contribution in [0.3, 0.4) is 0 Å². The quantitative estimate of drug-likeness (QED) is 0.559. The predicted molar refractivity (Wildman–Crippen MR) is 119 cm³/mol. The first-order chi connectivity index (χ1) is 15.6. The van der Waals surface area contributed by atoms with Gasteiger partial charge in [0.2, 0.25) is 17.8 Å². The Bertz CT molecular complexity index is 1060. The van der Waals surface area contributed by atoms with Crippen LogP contribution in [0.2, 0.25) is 0 Å². The van der Waals surface area contributed by atoms with Gasteiger partial charge in [-0.2, -0.15) is 18.2 Å². The highest BCUT2D eigenvalue weighted by Gasteiger charge is 2.36. The maximum Gasteiger partial charge on any atom is 0.421 e. The molecule has 1 aliphatic heterocycles. The Morgan fingerprint density at radius 3 is 2.70 bits per heavy atom. The van der Waals surface area contributed by atoms with Crippen LogP contribution in [0.4, 0.5) is 36.3 Å². The number of carbonyl (C=O) groups is 2. The van der Waals surface area contributed by atoms with Crippen molar-refractivity contribution in [2.75, 3.05) is 29.0 Å². The van der Waals surface area contributed by atoms with Crippen LogP contribution in [0.5, 0.6) is 0 Å². The average Bonchev–Trinajstić information content (AvgIpc) is 2.75. The number of anilines is 4. The van der Waals surface area contributed by atoms with Crippen LogP contribution < -0.4 is 16.0 Å². The Labute approximate surface area is 189 Å². The zero-order valence-electron chi connectivity index (χ0n) is 18.3. The SMILES string of the molecule is C=CC(=O)Nc1cc(C)ccc1Nc1nc(NC2CCCN(C(C)=O)C2)ncc1C(F)(F)F. The molecule has 1 aromatic heterocycles. The van der Waals surface area contributed by atoms with Crippen molar-refractivity contribution in [2.24, 2.45) is 0 Å². The molecule has 3 rings (SSSR count). The summed E-state index contributed by atoms with van der Waals surface area (Å²) in [5.74, 6) is -1.02. The Morgan fingerprint density at radius 2 is 2.03 bits per heavy atom. The molecule has 2 heterocycles. The van der Waals surface area contributed by atoms with Gasteiger partial charge in [-0.1, -0.05) is 12.6 Å². The lowest BCUT2D eigenvalue weighted by molar-refractivity contribution is -0.137. The van der Waals surface area contributed by atoms with E-state index in [-0.39, 0.29) is 29.3 Å². The third kappa shape index (κ3) is 6.21. The van der Waals surface area contributed by atoms with Gasteiger partial charge < -0.3 is 20.9 Å². The second-order valence-electron chi connectivity index (χ2n) is 7.77. The number of piperidine rings is 1. The molecule has 8 nitrogen and oxygen atoms in total. The number of nitrogens with zero attached hydrogens (tertiary/aromatic N) is 3. The summed E-state index contributed by atoms with van der Waals surface area (Å²) in [6.07, 6.45) is -1.44. The monoisotopic (exact) mass is 462 g/mol. The van der Waals surface area contributed by atoms with Crippen LogP contribution >= 0.6 is 0 Å². The summed E-state index contributed by atoms with van der Waals surface area (Å²) < 4.78 is 40.9. The van der Waals surface area contributed by atoms with Crippen molar-refractivity contribution in [3.05, 3.63) is 48.2 Å². The van der Waals surface area contributed by atoms with Gasteiger partial charge in [0, 0.05) is 32.3 Å². The summed E-state index contributed by atoms with van der Waals surface area (Å²) in [7, 11) is 0. The zero-order valence-corrected chi connectivity index (χ0v) is 18.3. The second-order valence-corrected chi connectivity index (χ2v) is 7.77. The van der Waals surface area contributed by atoms with Gasteiger partial charge in [-0.05, 0) is 43.5 Å². The third-order valence-electron chi connectivity index (χ3n) is 5.17. The largest absolute Gasteiger partial charge is 0.421 e. The first kappa shape index (κ1) is 24.0. The van der Waals surface area contributed by atoms with Crippen molar-refractivity contribution in [1.82, 2.24) is 14.9 Å². The summed E-state index contributed by atoms with van der Waals surface area (Å²) in [4.78, 5) is 33.0. The molecule has 1 atom stereocenters. The molecule has 11 heteroatoms. The number of nitrogens with one attached hydrogen (secondary N) is 3. The maximum atomic E-state index is 13.6. The normalized spacial score (nSPS) is 16.2. The molecule has 2 aromatic rings. The fourth-order valence-electron chi connectivity index (χ4n) is 3.50. The van der Waals surface area contributed by atoms with Crippen LogP contribution in [0.25, 0.3) is 0 Å². The number of aryl methyl sites for hydroxylation is 1. The molecular formula is C22H25F3N6O2. The lowest BCUT2D eigenvalue weighted by atomic mass is 10.1. The predicted octanol–water partition coefficient (Wildman–Crippen LogP) is 4.09. The van der Waals surface area contributed by atoms with Gasteiger partial charge in [0.15, 0.2) is 0 Å². The number of aromatic nitrogens is 2. The number of amides is 2. The number of alkyl halides is 3. The molecule has 1 saturated heterocycles. The minimum Gasteiger partial charge on any atom is -0.350 e. The molecule has 0 radical (unpaired) electrons. The lowest BCUT2D eigenvalue weighted by Crippen LogP contribution is -2.44. The molecule has 176 valence electrons. The minimum atomic E-state index is -4.70. The summed E-state index contributed by atoms with van der Waals surface area (Å²) in [5, 5.41) is 8.29. The number of rotatable bonds is 6. The van der Waals surface area contributed by atoms with Gasteiger partial charge in [-0.15, -0.1) is 0 Å². The first-order valence-electron chi connectivity index (χ1n) is 10.3. The molecule has 1 fully saturated rings. The highest BCUT2D eigenvalue weighted by Crippen LogP contribution is 2.36. The van der Waals surface area contributed by atoms with Crippen molar-refractivity contribution < 1.29 is 22.8 Å². The fraction of sp³-hybridized carbons (Fsp3) is 0.364. The van der Waals surface area contributed by atoms with Crippen LogP contribution in [-0.2, 0) is 15.8 Å². The summed E-state index contributed by atoms with van der Waals surface area (Å²) in [5.41, 5.74) is 0.258. The van der Waals surface area contributed by atoms with E-state index in [1.807, 2.05) is 0 Å². The summed E-state index contributed by atoms with van der Waals surface area (Å²) in [6.45, 7) is 7.71. The number of hydrogen-bond acceptors (Lipinski definition) is 6. The Balaban J connectivity index is 1.91. The highest BCUT2D eigenvalue weighted by atomic mass is 19.4. The number of carbonyl (C=O) groups excluding carboxylic acids is 2. The molecule has 2 amide bonds. The third-order valence-corrected chi connectivity index (χ3v) is 5.17. The zero-order chi connectivity index (χ0) is 24.2. The van der Waals surface area contributed by atoms with E-state index in [9.17, 15) is 22.8 Å². The van der Waals surface area contributed by atoms with E-state index < -0.39 is 23.5 Å². The van der Waals surface area contributed by atoms with Crippen molar-refractivity contribution >= 4 is 35.0 Å². The molecular weight excluding hydrogens is 437 g/mol. The fourth-order valence-corrected chi connectivity index (χ4v) is 3.50. The van der Waals surface area contributed by atoms with Crippen LogP contribution in [-0.4, -0.2) is 45.8 Å². The van der Waals surface area contributed by atoms with Crippen molar-refractivity contribution in [2.45, 2.75) is 38.9 Å². The molecule has 0 spiro atoms. The lowest BCUT2D eigenvalue weighted by Gasteiger charge is -2.32. The van der Waals surface area contributed by atoms with E-state index in [0.717, 1.165) is 24.5 Å². The highest BCUT2D eigenvalue weighted by molar-refractivity contribution is 6.01. The number of likely N-dealkylation sites (tertiary alicyclic amines) is 1. The molecule has 0 saturated carbocycles. The van der Waals surface area contributed by atoms with E-state index in [1.54, 1.807) is 30.0 Å². The molecule has 1 aromatic carbocycles. The number of halogens is 3. The van der Waals surface area contributed by atoms with Crippen LogP contribution in [0.15, 0.2) is 37.1 Å². The molecule has 0 aliphatic carbocycles. The number of benzene rings is 1. The smallest absolute Gasteiger partial charge is 0.350 e. The molecule has 0 bridgehead atoms. The van der Waals surface area contributed by atoms with E-state index in [0.29, 0.717) is 19.3 Å². The molecule has 3 N–H and O–H groups in total. The summed E-state index contributed by atoms with van der Waals surface area (Å²) in [6, 6.07) is 4.68. The van der Waals surface area contributed by atoms with Gasteiger partial charge in [0.1, 0.15) is 11.4 Å². The van der Waals surface area contributed by atoms with Crippen LogP contribution in [0, 0.1) is 6.92 Å². The minimum absolute atomic E-state index is 0.00434. The van der Waals surface area contributed by atoms with Gasteiger partial charge in [-0.25, -0.2) is 4.98 Å². The van der Waals surface area contributed by atoms with Crippen molar-refractivity contribution in [1.29, 1.82) is 0 Å². The van der Waals surface area contributed by atoms with Crippen molar-refractivity contribution in [3.63, 3.8) is 0 Å². The van der Waals surface area contributed by atoms with Gasteiger partial charge in [-0.3, -0.25) is 9.59 Å². The molecule has 1 unspecified atom stereocenters. The topological polar surface area (TPSA) is 99.2 Å². The molecule has 1 aliphatic rings. The standard InChI is InChI=1S/C22H25F3N6O2/c1-4-19(33)28-18-10-13(2)7-8-17(18)29-20-16(22(23,24)25)11-26-21(30-20)27-15-6-5-9-31(12-15)14(3)32/h4,7-8,10-11,15H,1,5-6,9,12H2,2-3H3,(H,28,33)(H2,26,27,29,30). The first-order valence-corrected chi connectivity index (χ1v) is 10.3. The van der Waals surface area contributed by atoms with Crippen molar-refractivity contribution in [3.8, 4) is 0 Å². The average molecular weight is 462 g/mol. The van der Waals surface area contributed by atoms with E-state index >= 15 is 0 Å². The number of hydrogen-bond donors (Lipinski definition) is 3. The maximum absolute atomic E-state index is 13.6.